The van der Waals surface area contributed by atoms with Gasteiger partial charge in [0.15, 0.2) is 0 Å². The summed E-state index contributed by atoms with van der Waals surface area (Å²) in [5.74, 6) is 0.569. The van der Waals surface area contributed by atoms with Crippen LogP contribution in [-0.2, 0) is 11.2 Å². The van der Waals surface area contributed by atoms with E-state index >= 15 is 0 Å². The third-order valence-corrected chi connectivity index (χ3v) is 4.56. The number of furan rings is 1. The number of nitro benzene ring substituents is 1. The van der Waals surface area contributed by atoms with Crippen LogP contribution >= 0.6 is 27.5 Å². The van der Waals surface area contributed by atoms with E-state index in [1.165, 1.54) is 24.4 Å². The SMILES string of the molecule is O=C(Cc1ccc(Br)cc1)N/N=C\c1ccc(-c2ccc([N+](=O)[O-])cc2Cl)o1. The summed E-state index contributed by atoms with van der Waals surface area (Å²) >= 11 is 9.43. The summed E-state index contributed by atoms with van der Waals surface area (Å²) in [7, 11) is 0. The largest absolute Gasteiger partial charge is 0.455 e. The highest BCUT2D eigenvalue weighted by Crippen LogP contribution is 2.32. The average molecular weight is 463 g/mol. The van der Waals surface area contributed by atoms with Gasteiger partial charge in [0.1, 0.15) is 11.5 Å². The van der Waals surface area contributed by atoms with E-state index in [1.54, 1.807) is 12.1 Å². The fourth-order valence-corrected chi connectivity index (χ4v) is 2.91. The van der Waals surface area contributed by atoms with Crippen molar-refractivity contribution in [3.8, 4) is 11.3 Å². The first-order chi connectivity index (χ1) is 13.4. The molecule has 0 unspecified atom stereocenters. The monoisotopic (exact) mass is 461 g/mol. The standard InChI is InChI=1S/C19H13BrClN3O4/c20-13-3-1-12(2-4-13)9-19(25)23-22-11-15-6-8-18(28-15)16-7-5-14(24(26)27)10-17(16)21/h1-8,10-11H,9H2,(H,23,25)/b22-11-. The molecule has 0 aliphatic heterocycles. The smallest absolute Gasteiger partial charge is 0.270 e. The lowest BCUT2D eigenvalue weighted by Gasteiger charge is -2.01. The number of hydrazone groups is 1. The second-order valence-corrected chi connectivity index (χ2v) is 7.04. The van der Waals surface area contributed by atoms with Crippen molar-refractivity contribution in [2.75, 3.05) is 0 Å². The molecule has 0 fully saturated rings. The zero-order chi connectivity index (χ0) is 20.1. The molecule has 0 saturated heterocycles. The molecule has 0 aliphatic carbocycles. The van der Waals surface area contributed by atoms with Crippen LogP contribution in [-0.4, -0.2) is 17.0 Å². The Morgan fingerprint density at radius 3 is 2.64 bits per heavy atom. The molecule has 0 saturated carbocycles. The molecule has 28 heavy (non-hydrogen) atoms. The Morgan fingerprint density at radius 1 is 1.21 bits per heavy atom. The molecule has 0 radical (unpaired) electrons. The van der Waals surface area contributed by atoms with Gasteiger partial charge < -0.3 is 4.42 Å². The molecule has 0 atom stereocenters. The maximum atomic E-state index is 11.9. The third-order valence-electron chi connectivity index (χ3n) is 3.71. The lowest BCUT2D eigenvalue weighted by Crippen LogP contribution is -2.19. The maximum absolute atomic E-state index is 11.9. The van der Waals surface area contributed by atoms with E-state index < -0.39 is 4.92 Å². The number of halogens is 2. The van der Waals surface area contributed by atoms with Crippen molar-refractivity contribution in [2.45, 2.75) is 6.42 Å². The Kier molecular flexibility index (Phi) is 6.23. The van der Waals surface area contributed by atoms with E-state index in [2.05, 4.69) is 26.5 Å². The summed E-state index contributed by atoms with van der Waals surface area (Å²) in [6.45, 7) is 0. The molecule has 3 rings (SSSR count). The molecule has 9 heteroatoms. The van der Waals surface area contributed by atoms with Gasteiger partial charge in [-0.3, -0.25) is 14.9 Å². The number of nitrogens with one attached hydrogen (secondary N) is 1. The van der Waals surface area contributed by atoms with Crippen LogP contribution in [0.2, 0.25) is 5.02 Å². The van der Waals surface area contributed by atoms with Crippen molar-refractivity contribution in [3.05, 3.63) is 85.5 Å². The van der Waals surface area contributed by atoms with Crippen LogP contribution < -0.4 is 5.43 Å². The summed E-state index contributed by atoms with van der Waals surface area (Å²) in [6.07, 6.45) is 1.56. The first-order valence-electron chi connectivity index (χ1n) is 8.03. The third kappa shape index (κ3) is 5.05. The van der Waals surface area contributed by atoms with Crippen molar-refractivity contribution in [2.24, 2.45) is 5.10 Å². The van der Waals surface area contributed by atoms with Crippen LogP contribution in [0.5, 0.6) is 0 Å². The van der Waals surface area contributed by atoms with E-state index in [9.17, 15) is 14.9 Å². The highest BCUT2D eigenvalue weighted by atomic mass is 79.9. The molecule has 3 aromatic rings. The number of carbonyl (C=O) groups excluding carboxylic acids is 1. The Morgan fingerprint density at radius 2 is 1.96 bits per heavy atom. The number of benzene rings is 2. The minimum Gasteiger partial charge on any atom is -0.455 e. The van der Waals surface area contributed by atoms with Gasteiger partial charge in [-0.25, -0.2) is 5.43 Å². The molecule has 1 N–H and O–H groups in total. The molecule has 1 amide bonds. The number of hydrogen-bond acceptors (Lipinski definition) is 5. The summed E-state index contributed by atoms with van der Waals surface area (Å²) in [6, 6.07) is 14.9. The van der Waals surface area contributed by atoms with Gasteiger partial charge in [0, 0.05) is 22.2 Å². The minimum absolute atomic E-state index is 0.101. The average Bonchev–Trinajstić information content (AvgIpc) is 3.12. The molecule has 7 nitrogen and oxygen atoms in total. The summed E-state index contributed by atoms with van der Waals surface area (Å²) < 4.78 is 6.55. The molecule has 1 heterocycles. The Balaban J connectivity index is 1.62. The van der Waals surface area contributed by atoms with Crippen molar-refractivity contribution < 1.29 is 14.1 Å². The highest BCUT2D eigenvalue weighted by Gasteiger charge is 2.13. The van der Waals surface area contributed by atoms with E-state index in [1.807, 2.05) is 24.3 Å². The lowest BCUT2D eigenvalue weighted by molar-refractivity contribution is -0.384. The number of rotatable bonds is 6. The van der Waals surface area contributed by atoms with Crippen molar-refractivity contribution >= 4 is 45.3 Å². The van der Waals surface area contributed by atoms with Gasteiger partial charge in [-0.1, -0.05) is 39.7 Å². The van der Waals surface area contributed by atoms with Crippen LogP contribution in [0.4, 0.5) is 5.69 Å². The predicted molar refractivity (Wildman–Crippen MR) is 109 cm³/mol. The molecule has 0 bridgehead atoms. The van der Waals surface area contributed by atoms with Crippen LogP contribution in [0, 0.1) is 10.1 Å². The molecule has 142 valence electrons. The van der Waals surface area contributed by atoms with Crippen LogP contribution in [0.1, 0.15) is 11.3 Å². The van der Waals surface area contributed by atoms with Gasteiger partial charge in [-0.2, -0.15) is 5.10 Å². The van der Waals surface area contributed by atoms with Gasteiger partial charge in [0.05, 0.1) is 22.6 Å². The Labute approximate surface area is 173 Å². The van der Waals surface area contributed by atoms with Crippen molar-refractivity contribution in [3.63, 3.8) is 0 Å². The summed E-state index contributed by atoms with van der Waals surface area (Å²) in [4.78, 5) is 22.2. The molecular formula is C19H13BrClN3O4. The van der Waals surface area contributed by atoms with Crippen LogP contribution in [0.15, 0.2) is 68.6 Å². The molecule has 2 aromatic carbocycles. The first-order valence-corrected chi connectivity index (χ1v) is 9.20. The molecule has 0 aliphatic rings. The lowest BCUT2D eigenvalue weighted by atomic mass is 10.1. The highest BCUT2D eigenvalue weighted by molar-refractivity contribution is 9.10. The molecule has 0 spiro atoms. The topological polar surface area (TPSA) is 97.7 Å². The van der Waals surface area contributed by atoms with Crippen molar-refractivity contribution in [1.29, 1.82) is 0 Å². The number of amides is 1. The zero-order valence-electron chi connectivity index (χ0n) is 14.3. The normalized spacial score (nSPS) is 10.9. The molecule has 1 aromatic heterocycles. The van der Waals surface area contributed by atoms with E-state index in [4.69, 9.17) is 16.0 Å². The Hall–Kier alpha value is -2.97. The van der Waals surface area contributed by atoms with Gasteiger partial charge in [0.2, 0.25) is 5.91 Å². The molecular weight excluding hydrogens is 450 g/mol. The quantitative estimate of drug-likeness (QED) is 0.318. The number of nitrogens with zero attached hydrogens (tertiary/aromatic N) is 2. The Bertz CT molecular complexity index is 1050. The van der Waals surface area contributed by atoms with Gasteiger partial charge >= 0.3 is 0 Å². The number of non-ortho nitro benzene ring substituents is 1. The predicted octanol–water partition coefficient (Wildman–Crippen LogP) is 4.96. The summed E-state index contributed by atoms with van der Waals surface area (Å²) in [5, 5.41) is 14.9. The second-order valence-electron chi connectivity index (χ2n) is 5.72. The fourth-order valence-electron chi connectivity index (χ4n) is 2.38. The number of hydrogen-bond donors (Lipinski definition) is 1. The van der Waals surface area contributed by atoms with Crippen LogP contribution in [0.3, 0.4) is 0 Å². The van der Waals surface area contributed by atoms with E-state index in [0.717, 1.165) is 10.0 Å². The van der Waals surface area contributed by atoms with Gasteiger partial charge in [-0.15, -0.1) is 0 Å². The summed E-state index contributed by atoms with van der Waals surface area (Å²) in [5.41, 5.74) is 3.72. The fraction of sp³-hybridized carbons (Fsp3) is 0.0526. The first kappa shape index (κ1) is 19.8. The zero-order valence-corrected chi connectivity index (χ0v) is 16.6. The van der Waals surface area contributed by atoms with E-state index in [0.29, 0.717) is 17.1 Å². The van der Waals surface area contributed by atoms with Crippen LogP contribution in [0.25, 0.3) is 11.3 Å². The second kappa shape index (κ2) is 8.81. The maximum Gasteiger partial charge on any atom is 0.270 e. The van der Waals surface area contributed by atoms with E-state index in [-0.39, 0.29) is 23.0 Å². The van der Waals surface area contributed by atoms with Gasteiger partial charge in [0.25, 0.3) is 5.69 Å². The van der Waals surface area contributed by atoms with Gasteiger partial charge in [-0.05, 0) is 35.9 Å². The number of nitro groups is 1. The van der Waals surface area contributed by atoms with Crippen molar-refractivity contribution in [1.82, 2.24) is 5.43 Å². The minimum atomic E-state index is -0.521. The number of carbonyl (C=O) groups is 1.